The summed E-state index contributed by atoms with van der Waals surface area (Å²) in [7, 11) is 7.16. The van der Waals surface area contributed by atoms with E-state index in [-0.39, 0.29) is 12.6 Å². The number of aliphatic hydroxyl groups is 1. The van der Waals surface area contributed by atoms with Gasteiger partial charge in [-0.3, -0.25) is 4.90 Å². The first-order valence-corrected chi connectivity index (χ1v) is 9.58. The fourth-order valence-corrected chi connectivity index (χ4v) is 3.85. The molecule has 6 nitrogen and oxygen atoms in total. The quantitative estimate of drug-likeness (QED) is 0.727. The minimum atomic E-state index is 0.0882. The van der Waals surface area contributed by atoms with Crippen molar-refractivity contribution in [3.05, 3.63) is 47.0 Å². The number of fused-ring (bicyclic) bond motifs is 1. The molecule has 0 fully saturated rings. The monoisotopic (exact) mass is 386 g/mol. The van der Waals surface area contributed by atoms with Gasteiger partial charge in [0.1, 0.15) is 5.75 Å². The van der Waals surface area contributed by atoms with Crippen molar-refractivity contribution in [1.82, 2.24) is 4.90 Å². The standard InChI is InChI=1S/C22H30N2O4/c1-24-9-7-16-13-18(23-8-10-25)21(27-3)14-17(16)19(24)11-15-5-6-20(26-2)22(12-15)28-4/h5-6,12-14,19,23,25H,7-11H2,1-4H3. The number of nitrogens with zero attached hydrogens (tertiary/aromatic N) is 1. The van der Waals surface area contributed by atoms with Crippen LogP contribution in [0.25, 0.3) is 0 Å². The molecule has 28 heavy (non-hydrogen) atoms. The van der Waals surface area contributed by atoms with Crippen LogP contribution in [0.4, 0.5) is 5.69 Å². The molecular weight excluding hydrogens is 356 g/mol. The number of rotatable bonds is 8. The molecule has 0 amide bonds. The Labute approximate surface area is 167 Å². The second-order valence-electron chi connectivity index (χ2n) is 7.04. The van der Waals surface area contributed by atoms with Crippen LogP contribution >= 0.6 is 0 Å². The Balaban J connectivity index is 1.93. The van der Waals surface area contributed by atoms with Crippen LogP contribution < -0.4 is 19.5 Å². The van der Waals surface area contributed by atoms with Gasteiger partial charge in [-0.15, -0.1) is 0 Å². The summed E-state index contributed by atoms with van der Waals surface area (Å²) >= 11 is 0. The molecule has 1 atom stereocenters. The number of anilines is 1. The summed E-state index contributed by atoms with van der Waals surface area (Å²) in [6.45, 7) is 1.59. The zero-order chi connectivity index (χ0) is 20.1. The zero-order valence-corrected chi connectivity index (χ0v) is 17.1. The molecule has 0 radical (unpaired) electrons. The summed E-state index contributed by atoms with van der Waals surface area (Å²) in [5.41, 5.74) is 4.74. The summed E-state index contributed by atoms with van der Waals surface area (Å²) < 4.78 is 16.4. The SMILES string of the molecule is COc1cc2c(cc1NCCO)CCN(C)C2Cc1ccc(OC)c(OC)c1. The van der Waals surface area contributed by atoms with E-state index < -0.39 is 0 Å². The van der Waals surface area contributed by atoms with Gasteiger partial charge in [-0.25, -0.2) is 0 Å². The van der Waals surface area contributed by atoms with E-state index in [1.165, 1.54) is 16.7 Å². The molecule has 0 bridgehead atoms. The van der Waals surface area contributed by atoms with Gasteiger partial charge in [0.15, 0.2) is 11.5 Å². The van der Waals surface area contributed by atoms with Gasteiger partial charge in [0.25, 0.3) is 0 Å². The maximum Gasteiger partial charge on any atom is 0.160 e. The van der Waals surface area contributed by atoms with E-state index in [2.05, 4.69) is 41.5 Å². The molecule has 0 aromatic heterocycles. The van der Waals surface area contributed by atoms with Crippen molar-refractivity contribution in [2.24, 2.45) is 0 Å². The van der Waals surface area contributed by atoms with Crippen molar-refractivity contribution in [1.29, 1.82) is 0 Å². The topological polar surface area (TPSA) is 63.2 Å². The number of aliphatic hydroxyl groups excluding tert-OH is 1. The average Bonchev–Trinajstić information content (AvgIpc) is 2.73. The number of hydrogen-bond acceptors (Lipinski definition) is 6. The van der Waals surface area contributed by atoms with Crippen LogP contribution in [0.15, 0.2) is 30.3 Å². The van der Waals surface area contributed by atoms with Gasteiger partial charge in [-0.1, -0.05) is 6.07 Å². The lowest BCUT2D eigenvalue weighted by molar-refractivity contribution is 0.228. The molecule has 152 valence electrons. The highest BCUT2D eigenvalue weighted by atomic mass is 16.5. The summed E-state index contributed by atoms with van der Waals surface area (Å²) in [6, 6.07) is 10.7. The third kappa shape index (κ3) is 4.18. The Bertz CT molecular complexity index is 809. The summed E-state index contributed by atoms with van der Waals surface area (Å²) in [5.74, 6) is 2.30. The first-order chi connectivity index (χ1) is 13.6. The molecule has 1 unspecified atom stereocenters. The molecule has 3 rings (SSSR count). The van der Waals surface area contributed by atoms with E-state index in [1.807, 2.05) is 6.07 Å². The van der Waals surface area contributed by atoms with Crippen LogP contribution in [-0.2, 0) is 12.8 Å². The minimum Gasteiger partial charge on any atom is -0.495 e. The van der Waals surface area contributed by atoms with Gasteiger partial charge >= 0.3 is 0 Å². The maximum atomic E-state index is 9.12. The molecule has 2 aromatic rings. The Hall–Kier alpha value is -2.44. The number of hydrogen-bond donors (Lipinski definition) is 2. The van der Waals surface area contributed by atoms with Crippen molar-refractivity contribution >= 4 is 5.69 Å². The summed E-state index contributed by atoms with van der Waals surface area (Å²) in [5, 5.41) is 12.4. The van der Waals surface area contributed by atoms with Crippen molar-refractivity contribution in [2.75, 3.05) is 53.4 Å². The fraction of sp³-hybridized carbons (Fsp3) is 0.455. The number of benzene rings is 2. The van der Waals surface area contributed by atoms with Crippen molar-refractivity contribution in [2.45, 2.75) is 18.9 Å². The van der Waals surface area contributed by atoms with E-state index >= 15 is 0 Å². The lowest BCUT2D eigenvalue weighted by Gasteiger charge is -2.35. The van der Waals surface area contributed by atoms with Gasteiger partial charge in [0, 0.05) is 19.1 Å². The third-order valence-corrected chi connectivity index (χ3v) is 5.39. The molecule has 0 aliphatic carbocycles. The maximum absolute atomic E-state index is 9.12. The second-order valence-corrected chi connectivity index (χ2v) is 7.04. The number of likely N-dealkylation sites (N-methyl/N-ethyl adjacent to an activating group) is 1. The lowest BCUT2D eigenvalue weighted by Crippen LogP contribution is -2.33. The van der Waals surface area contributed by atoms with Crippen molar-refractivity contribution < 1.29 is 19.3 Å². The van der Waals surface area contributed by atoms with E-state index in [0.29, 0.717) is 6.54 Å². The van der Waals surface area contributed by atoms with E-state index in [9.17, 15) is 0 Å². The number of methoxy groups -OCH3 is 3. The predicted molar refractivity (Wildman–Crippen MR) is 111 cm³/mol. The largest absolute Gasteiger partial charge is 0.495 e. The van der Waals surface area contributed by atoms with Crippen LogP contribution in [0, 0.1) is 0 Å². The molecular formula is C22H30N2O4. The highest BCUT2D eigenvalue weighted by molar-refractivity contribution is 5.61. The second kappa shape index (κ2) is 9.17. The highest BCUT2D eigenvalue weighted by Gasteiger charge is 2.27. The van der Waals surface area contributed by atoms with E-state index in [4.69, 9.17) is 19.3 Å². The predicted octanol–water partition coefficient (Wildman–Crippen LogP) is 2.89. The number of nitrogens with one attached hydrogen (secondary N) is 1. The molecule has 2 N–H and O–H groups in total. The van der Waals surface area contributed by atoms with Crippen LogP contribution in [-0.4, -0.2) is 58.1 Å². The van der Waals surface area contributed by atoms with Crippen LogP contribution in [0.2, 0.25) is 0 Å². The normalized spacial score (nSPS) is 16.4. The third-order valence-electron chi connectivity index (χ3n) is 5.39. The van der Waals surface area contributed by atoms with E-state index in [1.54, 1.807) is 21.3 Å². The Morgan fingerprint density at radius 1 is 1.04 bits per heavy atom. The first-order valence-electron chi connectivity index (χ1n) is 9.58. The fourth-order valence-electron chi connectivity index (χ4n) is 3.85. The Kier molecular flexibility index (Phi) is 6.65. The molecule has 0 saturated heterocycles. The molecule has 1 aliphatic heterocycles. The van der Waals surface area contributed by atoms with Gasteiger partial charge in [0.2, 0.25) is 0 Å². The zero-order valence-electron chi connectivity index (χ0n) is 17.1. The molecule has 0 saturated carbocycles. The summed E-state index contributed by atoms with van der Waals surface area (Å²) in [4.78, 5) is 2.39. The molecule has 2 aromatic carbocycles. The van der Waals surface area contributed by atoms with Crippen LogP contribution in [0.3, 0.4) is 0 Å². The van der Waals surface area contributed by atoms with Gasteiger partial charge in [-0.2, -0.15) is 0 Å². The lowest BCUT2D eigenvalue weighted by atomic mass is 9.88. The first kappa shape index (κ1) is 20.3. The van der Waals surface area contributed by atoms with Crippen molar-refractivity contribution in [3.63, 3.8) is 0 Å². The smallest absolute Gasteiger partial charge is 0.160 e. The van der Waals surface area contributed by atoms with Gasteiger partial charge in [-0.05, 0) is 60.8 Å². The van der Waals surface area contributed by atoms with Crippen LogP contribution in [0.5, 0.6) is 17.2 Å². The Morgan fingerprint density at radius 2 is 1.79 bits per heavy atom. The highest BCUT2D eigenvalue weighted by Crippen LogP contribution is 2.38. The number of ether oxygens (including phenoxy) is 3. The van der Waals surface area contributed by atoms with Crippen LogP contribution in [0.1, 0.15) is 22.7 Å². The van der Waals surface area contributed by atoms with Gasteiger partial charge in [0.05, 0.1) is 33.6 Å². The van der Waals surface area contributed by atoms with Crippen molar-refractivity contribution in [3.8, 4) is 17.2 Å². The van der Waals surface area contributed by atoms with Gasteiger partial charge < -0.3 is 24.6 Å². The molecule has 0 spiro atoms. The minimum absolute atomic E-state index is 0.0882. The average molecular weight is 386 g/mol. The molecule has 1 heterocycles. The summed E-state index contributed by atoms with van der Waals surface area (Å²) in [6.07, 6.45) is 1.86. The molecule has 1 aliphatic rings. The molecule has 6 heteroatoms. The Morgan fingerprint density at radius 3 is 2.46 bits per heavy atom. The van der Waals surface area contributed by atoms with E-state index in [0.717, 1.165) is 42.3 Å².